The van der Waals surface area contributed by atoms with Gasteiger partial charge in [-0.2, -0.15) is 0 Å². The first kappa shape index (κ1) is 15.8. The number of benzene rings is 1. The van der Waals surface area contributed by atoms with Gasteiger partial charge in [-0.25, -0.2) is 0 Å². The van der Waals surface area contributed by atoms with Gasteiger partial charge in [-0.1, -0.05) is 25.4 Å². The molecule has 0 fully saturated rings. The van der Waals surface area contributed by atoms with Gasteiger partial charge in [-0.15, -0.1) is 0 Å². The van der Waals surface area contributed by atoms with E-state index >= 15 is 0 Å². The summed E-state index contributed by atoms with van der Waals surface area (Å²) in [5.41, 5.74) is 6.72. The summed E-state index contributed by atoms with van der Waals surface area (Å²) in [6.07, 6.45) is 1.32. The zero-order valence-corrected chi connectivity index (χ0v) is 12.2. The molecule has 1 aromatic carbocycles. The Kier molecular flexibility index (Phi) is 6.67. The largest absolute Gasteiger partial charge is 0.399 e. The number of hydrogen-bond acceptors (Lipinski definition) is 3. The number of carbonyl (C=O) groups excluding carboxylic acids is 1. The number of rotatable bonds is 7. The zero-order chi connectivity index (χ0) is 14.3. The topological polar surface area (TPSA) is 64.3 Å². The standard InChI is InChI=1S/C14H21ClN2O2/c1-10(2)5-7-19-8-6-14(18)17-13-4-3-11(16)9-12(13)15/h3-4,9-10H,5-8,16H2,1-2H3,(H,17,18). The van der Waals surface area contributed by atoms with Crippen molar-refractivity contribution < 1.29 is 9.53 Å². The summed E-state index contributed by atoms with van der Waals surface area (Å²) < 4.78 is 5.39. The van der Waals surface area contributed by atoms with E-state index in [9.17, 15) is 4.79 Å². The van der Waals surface area contributed by atoms with Crippen molar-refractivity contribution in [3.8, 4) is 0 Å². The van der Waals surface area contributed by atoms with Crippen molar-refractivity contribution in [2.45, 2.75) is 26.7 Å². The van der Waals surface area contributed by atoms with Crippen LogP contribution in [-0.4, -0.2) is 19.1 Å². The van der Waals surface area contributed by atoms with Gasteiger partial charge in [0.2, 0.25) is 5.91 Å². The Hall–Kier alpha value is -1.26. The Morgan fingerprint density at radius 2 is 2.16 bits per heavy atom. The average molecular weight is 285 g/mol. The van der Waals surface area contributed by atoms with Gasteiger partial charge in [0.15, 0.2) is 0 Å². The van der Waals surface area contributed by atoms with E-state index in [1.165, 1.54) is 0 Å². The molecule has 0 spiro atoms. The third-order valence-electron chi connectivity index (χ3n) is 2.58. The van der Waals surface area contributed by atoms with Crippen LogP contribution in [0.25, 0.3) is 0 Å². The van der Waals surface area contributed by atoms with Crippen LogP contribution >= 0.6 is 11.6 Å². The van der Waals surface area contributed by atoms with Crippen molar-refractivity contribution >= 4 is 28.9 Å². The fourth-order valence-corrected chi connectivity index (χ4v) is 1.67. The quantitative estimate of drug-likeness (QED) is 0.596. The molecule has 5 heteroatoms. The second-order valence-corrected chi connectivity index (χ2v) is 5.24. The van der Waals surface area contributed by atoms with E-state index in [4.69, 9.17) is 22.1 Å². The molecule has 0 aromatic heterocycles. The molecule has 1 amide bonds. The van der Waals surface area contributed by atoms with Gasteiger partial charge >= 0.3 is 0 Å². The first-order chi connectivity index (χ1) is 8.99. The molecule has 0 aliphatic carbocycles. The van der Waals surface area contributed by atoms with Gasteiger partial charge in [0.05, 0.1) is 23.7 Å². The van der Waals surface area contributed by atoms with Crippen molar-refractivity contribution in [1.82, 2.24) is 0 Å². The Balaban J connectivity index is 2.27. The van der Waals surface area contributed by atoms with Crippen molar-refractivity contribution in [2.75, 3.05) is 24.3 Å². The van der Waals surface area contributed by atoms with Crippen LogP contribution in [0.1, 0.15) is 26.7 Å². The Bertz CT molecular complexity index is 422. The van der Waals surface area contributed by atoms with E-state index in [2.05, 4.69) is 19.2 Å². The lowest BCUT2D eigenvalue weighted by molar-refractivity contribution is -0.117. The van der Waals surface area contributed by atoms with Gasteiger partial charge in [-0.3, -0.25) is 4.79 Å². The predicted molar refractivity (Wildman–Crippen MR) is 79.4 cm³/mol. The van der Waals surface area contributed by atoms with E-state index in [0.29, 0.717) is 41.9 Å². The molecular formula is C14H21ClN2O2. The molecule has 0 heterocycles. The normalized spacial score (nSPS) is 10.7. The molecule has 0 unspecified atom stereocenters. The lowest BCUT2D eigenvalue weighted by Gasteiger charge is -2.09. The first-order valence-corrected chi connectivity index (χ1v) is 6.79. The molecule has 0 saturated heterocycles. The molecule has 0 radical (unpaired) electrons. The monoisotopic (exact) mass is 284 g/mol. The van der Waals surface area contributed by atoms with Crippen LogP contribution < -0.4 is 11.1 Å². The molecular weight excluding hydrogens is 264 g/mol. The fourth-order valence-electron chi connectivity index (χ4n) is 1.43. The summed E-state index contributed by atoms with van der Waals surface area (Å²) >= 11 is 5.97. The summed E-state index contributed by atoms with van der Waals surface area (Å²) in [6.45, 7) is 5.39. The maximum atomic E-state index is 11.7. The smallest absolute Gasteiger partial charge is 0.226 e. The number of halogens is 1. The minimum absolute atomic E-state index is 0.115. The first-order valence-electron chi connectivity index (χ1n) is 6.41. The zero-order valence-electron chi connectivity index (χ0n) is 11.4. The number of nitrogens with two attached hydrogens (primary N) is 1. The molecule has 0 aliphatic heterocycles. The second kappa shape index (κ2) is 8.02. The van der Waals surface area contributed by atoms with Gasteiger partial charge in [-0.05, 0) is 30.5 Å². The van der Waals surface area contributed by atoms with Crippen LogP contribution in [0, 0.1) is 5.92 Å². The summed E-state index contributed by atoms with van der Waals surface area (Å²) in [5.74, 6) is 0.499. The van der Waals surface area contributed by atoms with E-state index in [-0.39, 0.29) is 5.91 Å². The Labute approximate surface area is 119 Å². The molecule has 106 valence electrons. The molecule has 0 atom stereocenters. The molecule has 4 nitrogen and oxygen atoms in total. The number of hydrogen-bond donors (Lipinski definition) is 2. The fraction of sp³-hybridized carbons (Fsp3) is 0.500. The molecule has 1 rings (SSSR count). The van der Waals surface area contributed by atoms with Crippen LogP contribution in [0.3, 0.4) is 0 Å². The van der Waals surface area contributed by atoms with Gasteiger partial charge in [0, 0.05) is 12.3 Å². The maximum absolute atomic E-state index is 11.7. The van der Waals surface area contributed by atoms with E-state index < -0.39 is 0 Å². The lowest BCUT2D eigenvalue weighted by Crippen LogP contribution is -2.15. The van der Waals surface area contributed by atoms with Crippen molar-refractivity contribution in [1.29, 1.82) is 0 Å². The second-order valence-electron chi connectivity index (χ2n) is 4.83. The lowest BCUT2D eigenvalue weighted by atomic mass is 10.1. The number of amides is 1. The van der Waals surface area contributed by atoms with Crippen LogP contribution in [0.4, 0.5) is 11.4 Å². The highest BCUT2D eigenvalue weighted by atomic mass is 35.5. The van der Waals surface area contributed by atoms with E-state index in [1.807, 2.05) is 0 Å². The third-order valence-corrected chi connectivity index (χ3v) is 2.89. The SMILES string of the molecule is CC(C)CCOCCC(=O)Nc1ccc(N)cc1Cl. The summed E-state index contributed by atoms with van der Waals surface area (Å²) in [6, 6.07) is 4.99. The molecule has 1 aromatic rings. The summed E-state index contributed by atoms with van der Waals surface area (Å²) in [7, 11) is 0. The third kappa shape index (κ3) is 6.45. The highest BCUT2D eigenvalue weighted by molar-refractivity contribution is 6.34. The molecule has 3 N–H and O–H groups in total. The maximum Gasteiger partial charge on any atom is 0.226 e. The Morgan fingerprint density at radius 3 is 2.79 bits per heavy atom. The van der Waals surface area contributed by atoms with Crippen LogP contribution in [0.2, 0.25) is 5.02 Å². The van der Waals surface area contributed by atoms with Gasteiger partial charge in [0.1, 0.15) is 0 Å². The number of anilines is 2. The van der Waals surface area contributed by atoms with Crippen LogP contribution in [0.5, 0.6) is 0 Å². The van der Waals surface area contributed by atoms with Gasteiger partial charge in [0.25, 0.3) is 0 Å². The number of carbonyl (C=O) groups is 1. The van der Waals surface area contributed by atoms with E-state index in [1.54, 1.807) is 18.2 Å². The molecule has 0 bridgehead atoms. The van der Waals surface area contributed by atoms with Crippen molar-refractivity contribution in [3.05, 3.63) is 23.2 Å². The molecule has 0 saturated carbocycles. The number of ether oxygens (including phenoxy) is 1. The van der Waals surface area contributed by atoms with Crippen molar-refractivity contribution in [3.63, 3.8) is 0 Å². The number of nitrogens with one attached hydrogen (secondary N) is 1. The average Bonchev–Trinajstić information content (AvgIpc) is 2.32. The van der Waals surface area contributed by atoms with Crippen LogP contribution in [0.15, 0.2) is 18.2 Å². The predicted octanol–water partition coefficient (Wildman–Crippen LogP) is 3.31. The molecule has 19 heavy (non-hydrogen) atoms. The summed E-state index contributed by atoms with van der Waals surface area (Å²) in [4.78, 5) is 11.7. The van der Waals surface area contributed by atoms with Crippen LogP contribution in [-0.2, 0) is 9.53 Å². The van der Waals surface area contributed by atoms with Gasteiger partial charge < -0.3 is 15.8 Å². The Morgan fingerprint density at radius 1 is 1.42 bits per heavy atom. The van der Waals surface area contributed by atoms with Crippen molar-refractivity contribution in [2.24, 2.45) is 5.92 Å². The minimum Gasteiger partial charge on any atom is -0.399 e. The highest BCUT2D eigenvalue weighted by Gasteiger charge is 2.06. The minimum atomic E-state index is -0.115. The summed E-state index contributed by atoms with van der Waals surface area (Å²) in [5, 5.41) is 3.17. The highest BCUT2D eigenvalue weighted by Crippen LogP contribution is 2.24. The molecule has 0 aliphatic rings. The number of nitrogen functional groups attached to an aromatic ring is 1. The van der Waals surface area contributed by atoms with E-state index in [0.717, 1.165) is 6.42 Å².